The lowest BCUT2D eigenvalue weighted by atomic mass is 9.81. The number of fused-ring (bicyclic) bond motifs is 1. The molecule has 0 radical (unpaired) electrons. The lowest BCUT2D eigenvalue weighted by Gasteiger charge is -2.24. The van der Waals surface area contributed by atoms with Gasteiger partial charge in [0.25, 0.3) is 0 Å². The van der Waals surface area contributed by atoms with Crippen LogP contribution < -0.4 is 0 Å². The van der Waals surface area contributed by atoms with E-state index in [1.807, 2.05) is 38.1 Å². The molecule has 0 saturated heterocycles. The second-order valence-corrected chi connectivity index (χ2v) is 8.64. The van der Waals surface area contributed by atoms with Gasteiger partial charge in [0.05, 0.1) is 11.7 Å². The van der Waals surface area contributed by atoms with Crippen molar-refractivity contribution in [3.05, 3.63) is 93.3 Å². The van der Waals surface area contributed by atoms with Gasteiger partial charge in [-0.2, -0.15) is 0 Å². The highest BCUT2D eigenvalue weighted by molar-refractivity contribution is 5.91. The number of hydrogen-bond acceptors (Lipinski definition) is 3. The molecule has 2 aliphatic rings. The van der Waals surface area contributed by atoms with E-state index in [9.17, 15) is 4.79 Å². The van der Waals surface area contributed by atoms with Crippen molar-refractivity contribution >= 4 is 17.1 Å². The number of ether oxygens (including phenoxy) is 2. The third-order valence-electron chi connectivity index (χ3n) is 5.95. The molecule has 3 nitrogen and oxygen atoms in total. The predicted molar refractivity (Wildman–Crippen MR) is 126 cm³/mol. The Morgan fingerprint density at radius 1 is 1.00 bits per heavy atom. The average molecular weight is 415 g/mol. The SMILES string of the molecule is CC1=CCOC(C)=C1c1cc(C)c2c(c1)CCC=C2c1ccc(C(=O)OC(C)C)cc1. The summed E-state index contributed by atoms with van der Waals surface area (Å²) in [5, 5.41) is 0. The Morgan fingerprint density at radius 2 is 1.74 bits per heavy atom. The van der Waals surface area contributed by atoms with E-state index < -0.39 is 0 Å². The van der Waals surface area contributed by atoms with E-state index in [4.69, 9.17) is 9.47 Å². The normalized spacial score (nSPS) is 15.8. The summed E-state index contributed by atoms with van der Waals surface area (Å²) in [6.45, 7) is 10.8. The van der Waals surface area contributed by atoms with Crippen LogP contribution in [0.4, 0.5) is 0 Å². The van der Waals surface area contributed by atoms with Gasteiger partial charge in [0, 0.05) is 5.57 Å². The smallest absolute Gasteiger partial charge is 0.338 e. The Morgan fingerprint density at radius 3 is 2.42 bits per heavy atom. The summed E-state index contributed by atoms with van der Waals surface area (Å²) in [5.74, 6) is 0.719. The van der Waals surface area contributed by atoms with Gasteiger partial charge >= 0.3 is 5.97 Å². The van der Waals surface area contributed by atoms with E-state index in [0.717, 1.165) is 24.2 Å². The van der Waals surface area contributed by atoms with Crippen LogP contribution in [-0.2, 0) is 15.9 Å². The molecule has 1 heterocycles. The van der Waals surface area contributed by atoms with Crippen molar-refractivity contribution in [1.29, 1.82) is 0 Å². The zero-order valence-electron chi connectivity index (χ0n) is 19.0. The molecule has 4 rings (SSSR count). The van der Waals surface area contributed by atoms with E-state index in [2.05, 4.69) is 45.1 Å². The quantitative estimate of drug-likeness (QED) is 0.526. The number of benzene rings is 2. The number of hydrogen-bond donors (Lipinski definition) is 0. The van der Waals surface area contributed by atoms with Crippen LogP contribution in [0.1, 0.15) is 72.3 Å². The van der Waals surface area contributed by atoms with Crippen molar-refractivity contribution in [3.63, 3.8) is 0 Å². The van der Waals surface area contributed by atoms with Crippen molar-refractivity contribution in [2.75, 3.05) is 6.61 Å². The zero-order valence-corrected chi connectivity index (χ0v) is 19.0. The predicted octanol–water partition coefficient (Wildman–Crippen LogP) is 6.65. The van der Waals surface area contributed by atoms with Gasteiger partial charge in [-0.3, -0.25) is 0 Å². The standard InChI is InChI=1S/C28H30O3/c1-17(2)31-28(29)22-11-9-21(10-12-22)25-8-6-7-23-16-24(15-19(4)27(23)25)26-18(3)13-14-30-20(26)5/h8-13,15-17H,6-7,14H2,1-5H3. The van der Waals surface area contributed by atoms with Gasteiger partial charge in [-0.1, -0.05) is 30.3 Å². The van der Waals surface area contributed by atoms with Crippen LogP contribution in [0.25, 0.3) is 11.1 Å². The summed E-state index contributed by atoms with van der Waals surface area (Å²) in [7, 11) is 0. The minimum absolute atomic E-state index is 0.122. The molecule has 0 spiro atoms. The molecular weight excluding hydrogens is 384 g/mol. The number of rotatable bonds is 4. The maximum atomic E-state index is 12.2. The minimum Gasteiger partial charge on any atom is -0.494 e. The van der Waals surface area contributed by atoms with Crippen LogP contribution in [0.2, 0.25) is 0 Å². The molecule has 0 N–H and O–H groups in total. The topological polar surface area (TPSA) is 35.5 Å². The summed E-state index contributed by atoms with van der Waals surface area (Å²) in [4.78, 5) is 12.2. The lowest BCUT2D eigenvalue weighted by Crippen LogP contribution is -2.11. The molecule has 160 valence electrons. The molecule has 0 bridgehead atoms. The maximum absolute atomic E-state index is 12.2. The van der Waals surface area contributed by atoms with Gasteiger partial charge in [0.15, 0.2) is 0 Å². The van der Waals surface area contributed by atoms with Gasteiger partial charge < -0.3 is 9.47 Å². The van der Waals surface area contributed by atoms with Crippen molar-refractivity contribution in [3.8, 4) is 0 Å². The number of esters is 1. The molecule has 3 heteroatoms. The van der Waals surface area contributed by atoms with Crippen LogP contribution in [-0.4, -0.2) is 18.7 Å². The largest absolute Gasteiger partial charge is 0.494 e. The molecule has 0 atom stereocenters. The highest BCUT2D eigenvalue weighted by Gasteiger charge is 2.21. The van der Waals surface area contributed by atoms with Gasteiger partial charge in [-0.15, -0.1) is 0 Å². The Balaban J connectivity index is 1.69. The average Bonchev–Trinajstić information content (AvgIpc) is 2.73. The van der Waals surface area contributed by atoms with E-state index >= 15 is 0 Å². The van der Waals surface area contributed by atoms with E-state index in [-0.39, 0.29) is 12.1 Å². The Kier molecular flexibility index (Phi) is 5.86. The molecule has 0 amide bonds. The first kappa shape index (κ1) is 21.2. The summed E-state index contributed by atoms with van der Waals surface area (Å²) >= 11 is 0. The van der Waals surface area contributed by atoms with Gasteiger partial charge in [-0.25, -0.2) is 4.79 Å². The maximum Gasteiger partial charge on any atom is 0.338 e. The van der Waals surface area contributed by atoms with Crippen LogP contribution >= 0.6 is 0 Å². The van der Waals surface area contributed by atoms with Crippen molar-refractivity contribution in [2.24, 2.45) is 0 Å². The summed E-state index contributed by atoms with van der Waals surface area (Å²) in [6, 6.07) is 12.4. The Hall–Kier alpha value is -3.07. The third kappa shape index (κ3) is 4.23. The Labute approximate surface area is 185 Å². The van der Waals surface area contributed by atoms with Crippen LogP contribution in [0.3, 0.4) is 0 Å². The first-order valence-electron chi connectivity index (χ1n) is 11.0. The Bertz CT molecular complexity index is 1110. The molecule has 1 aliphatic carbocycles. The number of carbonyl (C=O) groups excluding carboxylic acids is 1. The second kappa shape index (κ2) is 8.58. The number of aryl methyl sites for hydroxylation is 2. The first-order valence-corrected chi connectivity index (χ1v) is 11.0. The zero-order chi connectivity index (χ0) is 22.1. The third-order valence-corrected chi connectivity index (χ3v) is 5.95. The van der Waals surface area contributed by atoms with E-state index in [1.165, 1.54) is 39.0 Å². The van der Waals surface area contributed by atoms with Crippen LogP contribution in [0.5, 0.6) is 0 Å². The molecule has 0 fully saturated rings. The van der Waals surface area contributed by atoms with Crippen molar-refractivity contribution in [1.82, 2.24) is 0 Å². The van der Waals surface area contributed by atoms with Crippen LogP contribution in [0.15, 0.2) is 59.9 Å². The van der Waals surface area contributed by atoms with Crippen molar-refractivity contribution < 1.29 is 14.3 Å². The van der Waals surface area contributed by atoms with Gasteiger partial charge in [0.2, 0.25) is 0 Å². The second-order valence-electron chi connectivity index (χ2n) is 8.64. The number of carbonyl (C=O) groups is 1. The summed E-state index contributed by atoms with van der Waals surface area (Å²) in [6.07, 6.45) is 6.38. The molecule has 2 aromatic carbocycles. The highest BCUT2D eigenvalue weighted by Crippen LogP contribution is 2.38. The van der Waals surface area contributed by atoms with Crippen LogP contribution in [0, 0.1) is 6.92 Å². The molecular formula is C28H30O3. The molecule has 0 saturated carbocycles. The highest BCUT2D eigenvalue weighted by atomic mass is 16.5. The molecule has 2 aromatic rings. The molecule has 0 unspecified atom stereocenters. The number of allylic oxidation sites excluding steroid dienone is 4. The van der Waals surface area contributed by atoms with Gasteiger partial charge in [0.1, 0.15) is 12.4 Å². The lowest BCUT2D eigenvalue weighted by molar-refractivity contribution is 0.0378. The van der Waals surface area contributed by atoms with E-state index in [1.54, 1.807) is 0 Å². The van der Waals surface area contributed by atoms with Gasteiger partial charge in [-0.05, 0) is 105 Å². The fourth-order valence-electron chi connectivity index (χ4n) is 4.57. The molecule has 0 aromatic heterocycles. The monoisotopic (exact) mass is 414 g/mol. The first-order chi connectivity index (χ1) is 14.8. The van der Waals surface area contributed by atoms with E-state index in [0.29, 0.717) is 12.2 Å². The fraction of sp³-hybridized carbons (Fsp3) is 0.321. The minimum atomic E-state index is -0.276. The molecule has 1 aliphatic heterocycles. The summed E-state index contributed by atoms with van der Waals surface area (Å²) in [5.41, 5.74) is 10.6. The fourth-order valence-corrected chi connectivity index (χ4v) is 4.57. The molecule has 31 heavy (non-hydrogen) atoms. The summed E-state index contributed by atoms with van der Waals surface area (Å²) < 4.78 is 11.1. The van der Waals surface area contributed by atoms with Crippen molar-refractivity contribution in [2.45, 2.75) is 53.6 Å².